The van der Waals surface area contributed by atoms with Crippen LogP contribution in [0.15, 0.2) is 0 Å². The first-order chi connectivity index (χ1) is 7.63. The molecule has 1 aliphatic rings. The fraction of sp³-hybridized carbons (Fsp3) is 0.917. The number of hydrogen-bond acceptors (Lipinski definition) is 3. The Kier molecular flexibility index (Phi) is 5.77. The Morgan fingerprint density at radius 1 is 1.62 bits per heavy atom. The second-order valence-electron chi connectivity index (χ2n) is 4.77. The first-order valence-electron chi connectivity index (χ1n) is 6.31. The Bertz CT molecular complexity index is 219. The second-order valence-corrected chi connectivity index (χ2v) is 4.77. The number of rotatable bonds is 6. The van der Waals surface area contributed by atoms with E-state index in [1.54, 1.807) is 0 Å². The van der Waals surface area contributed by atoms with Gasteiger partial charge in [-0.1, -0.05) is 6.92 Å². The van der Waals surface area contributed by atoms with Crippen molar-refractivity contribution >= 4 is 5.97 Å². The van der Waals surface area contributed by atoms with Crippen LogP contribution >= 0.6 is 0 Å². The van der Waals surface area contributed by atoms with Gasteiger partial charge in [0.1, 0.15) is 0 Å². The molecule has 0 saturated carbocycles. The van der Waals surface area contributed by atoms with Crippen LogP contribution in [0.5, 0.6) is 0 Å². The van der Waals surface area contributed by atoms with E-state index in [9.17, 15) is 4.79 Å². The van der Waals surface area contributed by atoms with E-state index in [-0.39, 0.29) is 6.54 Å². The zero-order valence-electron chi connectivity index (χ0n) is 10.4. The van der Waals surface area contributed by atoms with Crippen LogP contribution in [0.3, 0.4) is 0 Å². The van der Waals surface area contributed by atoms with Crippen LogP contribution in [-0.2, 0) is 4.79 Å². The molecule has 2 atom stereocenters. The number of aliphatic carboxylic acids is 1. The van der Waals surface area contributed by atoms with Gasteiger partial charge in [-0.3, -0.25) is 4.79 Å². The van der Waals surface area contributed by atoms with Crippen LogP contribution in [0.4, 0.5) is 0 Å². The number of piperidine rings is 1. The van der Waals surface area contributed by atoms with Crippen molar-refractivity contribution in [3.63, 3.8) is 0 Å². The summed E-state index contributed by atoms with van der Waals surface area (Å²) in [4.78, 5) is 13.0. The van der Waals surface area contributed by atoms with Gasteiger partial charge in [0, 0.05) is 12.6 Å². The minimum atomic E-state index is -0.770. The largest absolute Gasteiger partial charge is 0.480 e. The van der Waals surface area contributed by atoms with Crippen molar-refractivity contribution in [2.45, 2.75) is 39.2 Å². The van der Waals surface area contributed by atoms with E-state index in [1.807, 2.05) is 0 Å². The Morgan fingerprint density at radius 2 is 2.38 bits per heavy atom. The summed E-state index contributed by atoms with van der Waals surface area (Å²) in [5, 5.41) is 11.7. The van der Waals surface area contributed by atoms with Crippen molar-refractivity contribution in [3.05, 3.63) is 0 Å². The maximum atomic E-state index is 10.5. The lowest BCUT2D eigenvalue weighted by Gasteiger charge is -2.35. The molecule has 0 aliphatic carbocycles. The predicted octanol–water partition coefficient (Wildman–Crippen LogP) is 1.17. The third kappa shape index (κ3) is 4.49. The molecule has 1 fully saturated rings. The molecule has 0 aromatic carbocycles. The van der Waals surface area contributed by atoms with Crippen molar-refractivity contribution in [3.8, 4) is 0 Å². The third-order valence-electron chi connectivity index (χ3n) is 3.36. The van der Waals surface area contributed by atoms with Gasteiger partial charge in [-0.2, -0.15) is 0 Å². The molecule has 4 nitrogen and oxygen atoms in total. The highest BCUT2D eigenvalue weighted by Crippen LogP contribution is 2.19. The van der Waals surface area contributed by atoms with Crippen LogP contribution in [0.25, 0.3) is 0 Å². The molecule has 2 N–H and O–H groups in total. The van der Waals surface area contributed by atoms with E-state index < -0.39 is 5.97 Å². The van der Waals surface area contributed by atoms with Gasteiger partial charge in [-0.15, -0.1) is 0 Å². The summed E-state index contributed by atoms with van der Waals surface area (Å²) < 4.78 is 0. The molecule has 2 unspecified atom stereocenters. The van der Waals surface area contributed by atoms with Crippen LogP contribution in [0.1, 0.15) is 33.1 Å². The second kappa shape index (κ2) is 6.86. The lowest BCUT2D eigenvalue weighted by atomic mass is 9.91. The van der Waals surface area contributed by atoms with Crippen LogP contribution < -0.4 is 5.32 Å². The van der Waals surface area contributed by atoms with Crippen molar-refractivity contribution in [1.29, 1.82) is 0 Å². The van der Waals surface area contributed by atoms with Crippen molar-refractivity contribution in [2.24, 2.45) is 5.92 Å². The number of carbonyl (C=O) groups is 1. The Labute approximate surface area is 98.0 Å². The summed E-state index contributed by atoms with van der Waals surface area (Å²) in [5.41, 5.74) is 0. The number of likely N-dealkylation sites (tertiary alicyclic amines) is 1. The SMILES string of the molecule is CCCN1CCCC(C(C)NCC(=O)O)C1. The van der Waals surface area contributed by atoms with E-state index >= 15 is 0 Å². The molecule has 0 aromatic rings. The Balaban J connectivity index is 2.31. The number of carboxylic acids is 1. The van der Waals surface area contributed by atoms with Gasteiger partial charge in [0.2, 0.25) is 0 Å². The van der Waals surface area contributed by atoms with Gasteiger partial charge in [0.15, 0.2) is 0 Å². The highest BCUT2D eigenvalue weighted by molar-refractivity contribution is 5.69. The minimum absolute atomic E-state index is 0.0748. The Hall–Kier alpha value is -0.610. The standard InChI is InChI=1S/C12H24N2O2/c1-3-6-14-7-4-5-11(9-14)10(2)13-8-12(15)16/h10-11,13H,3-9H2,1-2H3,(H,15,16). The third-order valence-corrected chi connectivity index (χ3v) is 3.36. The topological polar surface area (TPSA) is 52.6 Å². The molecule has 4 heteroatoms. The number of nitrogens with one attached hydrogen (secondary N) is 1. The molecule has 1 heterocycles. The zero-order valence-corrected chi connectivity index (χ0v) is 10.4. The van der Waals surface area contributed by atoms with Crippen LogP contribution in [0, 0.1) is 5.92 Å². The molecule has 1 rings (SSSR count). The van der Waals surface area contributed by atoms with E-state index in [4.69, 9.17) is 5.11 Å². The normalized spacial score (nSPS) is 24.2. The monoisotopic (exact) mass is 228 g/mol. The maximum absolute atomic E-state index is 10.5. The molecule has 0 radical (unpaired) electrons. The summed E-state index contributed by atoms with van der Waals surface area (Å²) >= 11 is 0. The van der Waals surface area contributed by atoms with Gasteiger partial charge in [0.25, 0.3) is 0 Å². The molecule has 0 spiro atoms. The van der Waals surface area contributed by atoms with Gasteiger partial charge in [0.05, 0.1) is 6.54 Å². The summed E-state index contributed by atoms with van der Waals surface area (Å²) in [6, 6.07) is 0.302. The summed E-state index contributed by atoms with van der Waals surface area (Å²) in [7, 11) is 0. The maximum Gasteiger partial charge on any atom is 0.317 e. The van der Waals surface area contributed by atoms with Crippen molar-refractivity contribution in [1.82, 2.24) is 10.2 Å². The van der Waals surface area contributed by atoms with Gasteiger partial charge in [-0.05, 0) is 45.2 Å². The predicted molar refractivity (Wildman–Crippen MR) is 64.6 cm³/mol. The number of nitrogens with zero attached hydrogens (tertiary/aromatic N) is 1. The highest BCUT2D eigenvalue weighted by atomic mass is 16.4. The lowest BCUT2D eigenvalue weighted by molar-refractivity contribution is -0.136. The van der Waals surface area contributed by atoms with E-state index in [0.29, 0.717) is 12.0 Å². The molecular formula is C12H24N2O2. The fourth-order valence-electron chi connectivity index (χ4n) is 2.43. The average Bonchev–Trinajstić information content (AvgIpc) is 2.26. The van der Waals surface area contributed by atoms with Crippen LogP contribution in [-0.4, -0.2) is 48.2 Å². The van der Waals surface area contributed by atoms with E-state index in [0.717, 1.165) is 6.54 Å². The highest BCUT2D eigenvalue weighted by Gasteiger charge is 2.24. The van der Waals surface area contributed by atoms with Gasteiger partial charge in [-0.25, -0.2) is 0 Å². The number of hydrogen-bond donors (Lipinski definition) is 2. The minimum Gasteiger partial charge on any atom is -0.480 e. The Morgan fingerprint density at radius 3 is 3.00 bits per heavy atom. The summed E-state index contributed by atoms with van der Waals surface area (Å²) in [5.74, 6) is -0.173. The molecule has 0 bridgehead atoms. The summed E-state index contributed by atoms with van der Waals surface area (Å²) in [6.07, 6.45) is 3.65. The molecule has 1 aliphatic heterocycles. The molecule has 1 saturated heterocycles. The fourth-order valence-corrected chi connectivity index (χ4v) is 2.43. The molecular weight excluding hydrogens is 204 g/mol. The first-order valence-corrected chi connectivity index (χ1v) is 6.31. The van der Waals surface area contributed by atoms with E-state index in [1.165, 1.54) is 32.4 Å². The van der Waals surface area contributed by atoms with Crippen LogP contribution in [0.2, 0.25) is 0 Å². The van der Waals surface area contributed by atoms with E-state index in [2.05, 4.69) is 24.1 Å². The molecule has 16 heavy (non-hydrogen) atoms. The van der Waals surface area contributed by atoms with Crippen molar-refractivity contribution < 1.29 is 9.90 Å². The number of carboxylic acid groups (broad SMARTS) is 1. The molecule has 0 amide bonds. The molecule has 0 aromatic heterocycles. The first kappa shape index (κ1) is 13.5. The summed E-state index contributed by atoms with van der Waals surface area (Å²) in [6.45, 7) is 7.87. The average molecular weight is 228 g/mol. The van der Waals surface area contributed by atoms with Crippen molar-refractivity contribution in [2.75, 3.05) is 26.2 Å². The van der Waals surface area contributed by atoms with Gasteiger partial charge >= 0.3 is 5.97 Å². The zero-order chi connectivity index (χ0) is 12.0. The smallest absolute Gasteiger partial charge is 0.317 e. The quantitative estimate of drug-likeness (QED) is 0.716. The molecule has 94 valence electrons. The lowest BCUT2D eigenvalue weighted by Crippen LogP contribution is -2.45. The van der Waals surface area contributed by atoms with Gasteiger partial charge < -0.3 is 15.3 Å².